The predicted octanol–water partition coefficient (Wildman–Crippen LogP) is 2.24. The van der Waals surface area contributed by atoms with Crippen LogP contribution < -0.4 is 10.9 Å². The van der Waals surface area contributed by atoms with Gasteiger partial charge in [0.2, 0.25) is 5.91 Å². The number of nitrogens with one attached hydrogen (secondary N) is 1. The highest BCUT2D eigenvalue weighted by Gasteiger charge is 2.17. The summed E-state index contributed by atoms with van der Waals surface area (Å²) in [6, 6.07) is 9.32. The molecule has 2 rings (SSSR count). The van der Waals surface area contributed by atoms with Crippen molar-refractivity contribution in [2.45, 2.75) is 33.3 Å². The quantitative estimate of drug-likeness (QED) is 0.888. The highest BCUT2D eigenvalue weighted by atomic mass is 16.5. The van der Waals surface area contributed by atoms with Crippen LogP contribution in [0.25, 0.3) is 5.69 Å². The second-order valence-electron chi connectivity index (χ2n) is 5.65. The molecular weight excluding hydrogens is 294 g/mol. The lowest BCUT2D eigenvalue weighted by Crippen LogP contribution is -2.23. The van der Waals surface area contributed by atoms with Crippen molar-refractivity contribution in [1.29, 1.82) is 0 Å². The van der Waals surface area contributed by atoms with E-state index >= 15 is 0 Å². The molecule has 1 amide bonds. The molecule has 124 valence electrons. The lowest BCUT2D eigenvalue weighted by atomic mass is 10.3. The third kappa shape index (κ3) is 3.90. The molecule has 2 aromatic rings. The van der Waals surface area contributed by atoms with Gasteiger partial charge in [-0.2, -0.15) is 0 Å². The minimum atomic E-state index is -0.241. The second kappa shape index (κ2) is 7.28. The topological polar surface area (TPSA) is 65.3 Å². The Morgan fingerprint density at radius 2 is 1.91 bits per heavy atom. The van der Waals surface area contributed by atoms with Crippen LogP contribution in [0.3, 0.4) is 0 Å². The molecule has 0 spiro atoms. The number of nitrogens with zero attached hydrogens (tertiary/aromatic N) is 2. The Labute approximate surface area is 135 Å². The normalized spacial score (nSPS) is 11.0. The van der Waals surface area contributed by atoms with Crippen molar-refractivity contribution in [2.24, 2.45) is 7.05 Å². The molecule has 1 N–H and O–H groups in total. The van der Waals surface area contributed by atoms with Crippen LogP contribution in [0.2, 0.25) is 0 Å². The van der Waals surface area contributed by atoms with Gasteiger partial charge in [0.05, 0.1) is 30.5 Å². The minimum Gasteiger partial charge on any atom is -0.378 e. The maximum Gasteiger partial charge on any atom is 0.295 e. The van der Waals surface area contributed by atoms with Gasteiger partial charge in [-0.1, -0.05) is 18.2 Å². The fourth-order valence-corrected chi connectivity index (χ4v) is 2.30. The zero-order chi connectivity index (χ0) is 17.0. The number of rotatable bonds is 6. The van der Waals surface area contributed by atoms with Crippen molar-refractivity contribution < 1.29 is 9.53 Å². The van der Waals surface area contributed by atoms with Crippen molar-refractivity contribution in [3.05, 3.63) is 46.4 Å². The Bertz CT molecular complexity index is 730. The summed E-state index contributed by atoms with van der Waals surface area (Å²) in [5, 5.41) is 2.71. The van der Waals surface area contributed by atoms with E-state index in [1.165, 1.54) is 4.68 Å². The maximum atomic E-state index is 12.6. The molecule has 0 saturated heterocycles. The Morgan fingerprint density at radius 1 is 1.26 bits per heavy atom. The number of amides is 1. The van der Waals surface area contributed by atoms with Gasteiger partial charge in [0, 0.05) is 7.05 Å². The molecule has 6 heteroatoms. The zero-order valence-corrected chi connectivity index (χ0v) is 14.0. The summed E-state index contributed by atoms with van der Waals surface area (Å²) in [6.45, 7) is 5.97. The molecule has 0 fully saturated rings. The van der Waals surface area contributed by atoms with E-state index in [9.17, 15) is 9.59 Å². The number of hydrogen-bond acceptors (Lipinski definition) is 3. The third-order valence-electron chi connectivity index (χ3n) is 3.60. The van der Waals surface area contributed by atoms with Crippen LogP contribution in [-0.4, -0.2) is 28.0 Å². The van der Waals surface area contributed by atoms with Gasteiger partial charge in [0.25, 0.3) is 5.56 Å². The summed E-state index contributed by atoms with van der Waals surface area (Å²) in [5.41, 5.74) is 1.53. The lowest BCUT2D eigenvalue weighted by molar-refractivity contribution is -0.117. The number of carbonyl (C=O) groups excluding carboxylic acids is 1. The molecule has 0 atom stereocenters. The van der Waals surface area contributed by atoms with Gasteiger partial charge in [0.1, 0.15) is 5.69 Å². The largest absolute Gasteiger partial charge is 0.378 e. The first-order valence-electron chi connectivity index (χ1n) is 7.67. The number of carbonyl (C=O) groups is 1. The maximum absolute atomic E-state index is 12.6. The van der Waals surface area contributed by atoms with Crippen LogP contribution in [0.4, 0.5) is 5.69 Å². The van der Waals surface area contributed by atoms with Gasteiger partial charge in [-0.05, 0) is 32.9 Å². The molecule has 0 saturated carbocycles. The molecule has 1 aromatic heterocycles. The summed E-state index contributed by atoms with van der Waals surface area (Å²) in [4.78, 5) is 24.6. The van der Waals surface area contributed by atoms with Gasteiger partial charge in [-0.3, -0.25) is 14.3 Å². The summed E-state index contributed by atoms with van der Waals surface area (Å²) in [7, 11) is 1.79. The summed E-state index contributed by atoms with van der Waals surface area (Å²) < 4.78 is 8.63. The van der Waals surface area contributed by atoms with E-state index < -0.39 is 0 Å². The van der Waals surface area contributed by atoms with Crippen LogP contribution >= 0.6 is 0 Å². The monoisotopic (exact) mass is 317 g/mol. The van der Waals surface area contributed by atoms with E-state index in [1.807, 2.05) is 44.2 Å². The van der Waals surface area contributed by atoms with Crippen molar-refractivity contribution in [3.63, 3.8) is 0 Å². The Kier molecular flexibility index (Phi) is 5.39. The zero-order valence-electron chi connectivity index (χ0n) is 14.0. The molecule has 0 aliphatic heterocycles. The molecular formula is C17H23N3O3. The van der Waals surface area contributed by atoms with Crippen LogP contribution in [0.5, 0.6) is 0 Å². The minimum absolute atomic E-state index is 0.0802. The van der Waals surface area contributed by atoms with E-state index in [0.29, 0.717) is 18.0 Å². The van der Waals surface area contributed by atoms with Crippen LogP contribution in [0.1, 0.15) is 26.0 Å². The number of para-hydroxylation sites is 1. The van der Waals surface area contributed by atoms with Crippen LogP contribution in [0.15, 0.2) is 35.1 Å². The first-order chi connectivity index (χ1) is 10.9. The highest BCUT2D eigenvalue weighted by molar-refractivity contribution is 5.91. The first-order valence-corrected chi connectivity index (χ1v) is 7.67. The molecule has 0 radical (unpaired) electrons. The van der Waals surface area contributed by atoms with Gasteiger partial charge in [0.15, 0.2) is 0 Å². The van der Waals surface area contributed by atoms with Crippen molar-refractivity contribution >= 4 is 11.6 Å². The standard InChI is InChI=1S/C17H23N3O3/c1-12(2)23-11-10-15(21)18-16-13(3)19(4)20(17(16)22)14-8-6-5-7-9-14/h5-9,12H,10-11H2,1-4H3,(H,18,21). The summed E-state index contributed by atoms with van der Waals surface area (Å²) >= 11 is 0. The van der Waals surface area contributed by atoms with Gasteiger partial charge < -0.3 is 10.1 Å². The van der Waals surface area contributed by atoms with Gasteiger partial charge >= 0.3 is 0 Å². The van der Waals surface area contributed by atoms with E-state index in [4.69, 9.17) is 4.74 Å². The van der Waals surface area contributed by atoms with Crippen molar-refractivity contribution in [1.82, 2.24) is 9.36 Å². The number of aromatic nitrogens is 2. The molecule has 6 nitrogen and oxygen atoms in total. The average Bonchev–Trinajstić information content (AvgIpc) is 2.71. The van der Waals surface area contributed by atoms with E-state index in [0.717, 1.165) is 5.69 Å². The van der Waals surface area contributed by atoms with E-state index in [2.05, 4.69) is 5.32 Å². The second-order valence-corrected chi connectivity index (χ2v) is 5.65. The summed E-state index contributed by atoms with van der Waals surface area (Å²) in [5.74, 6) is -0.225. The predicted molar refractivity (Wildman–Crippen MR) is 90.1 cm³/mol. The lowest BCUT2D eigenvalue weighted by Gasteiger charge is -2.07. The SMILES string of the molecule is Cc1c(NC(=O)CCOC(C)C)c(=O)n(-c2ccccc2)n1C. The molecule has 1 aromatic carbocycles. The average molecular weight is 317 g/mol. The van der Waals surface area contributed by atoms with E-state index in [-0.39, 0.29) is 24.0 Å². The first kappa shape index (κ1) is 17.0. The number of ether oxygens (including phenoxy) is 1. The van der Waals surface area contributed by atoms with Crippen LogP contribution in [-0.2, 0) is 16.6 Å². The van der Waals surface area contributed by atoms with E-state index in [1.54, 1.807) is 18.7 Å². The molecule has 0 aliphatic rings. The molecule has 0 unspecified atom stereocenters. The third-order valence-corrected chi connectivity index (χ3v) is 3.60. The molecule has 0 bridgehead atoms. The Hall–Kier alpha value is -2.34. The van der Waals surface area contributed by atoms with Crippen molar-refractivity contribution in [2.75, 3.05) is 11.9 Å². The number of hydrogen-bond donors (Lipinski definition) is 1. The van der Waals surface area contributed by atoms with Crippen molar-refractivity contribution in [3.8, 4) is 5.69 Å². The number of anilines is 1. The Balaban J connectivity index is 2.21. The molecule has 0 aliphatic carbocycles. The van der Waals surface area contributed by atoms with Gasteiger partial charge in [-0.15, -0.1) is 0 Å². The smallest absolute Gasteiger partial charge is 0.295 e. The summed E-state index contributed by atoms with van der Waals surface area (Å²) in [6.07, 6.45) is 0.300. The van der Waals surface area contributed by atoms with Gasteiger partial charge in [-0.25, -0.2) is 4.68 Å². The number of benzene rings is 1. The fourth-order valence-electron chi connectivity index (χ4n) is 2.30. The van der Waals surface area contributed by atoms with Crippen LogP contribution in [0, 0.1) is 6.92 Å². The molecule has 1 heterocycles. The highest BCUT2D eigenvalue weighted by Crippen LogP contribution is 2.14. The molecule has 23 heavy (non-hydrogen) atoms. The fraction of sp³-hybridized carbons (Fsp3) is 0.412. The Morgan fingerprint density at radius 3 is 2.52 bits per heavy atom.